The zero-order chi connectivity index (χ0) is 20.1. The lowest BCUT2D eigenvalue weighted by molar-refractivity contribution is -0.140. The normalized spacial score (nSPS) is 17.1. The number of furan rings is 1. The van der Waals surface area contributed by atoms with E-state index in [0.29, 0.717) is 17.5 Å². The van der Waals surface area contributed by atoms with Crippen molar-refractivity contribution in [2.24, 2.45) is 4.99 Å². The molecule has 2 N–H and O–H groups in total. The summed E-state index contributed by atoms with van der Waals surface area (Å²) in [5.41, 5.74) is -0.862. The van der Waals surface area contributed by atoms with Gasteiger partial charge in [-0.2, -0.15) is 13.2 Å². The molecule has 1 atom stereocenters. The Labute approximate surface area is 165 Å². The van der Waals surface area contributed by atoms with Gasteiger partial charge in [-0.25, -0.2) is 4.98 Å². The molecule has 3 rings (SSSR count). The van der Waals surface area contributed by atoms with E-state index in [0.717, 1.165) is 54.2 Å². The summed E-state index contributed by atoms with van der Waals surface area (Å²) in [6.07, 6.45) is -2.09. The number of halogens is 3. The van der Waals surface area contributed by atoms with Crippen molar-refractivity contribution in [2.45, 2.75) is 38.5 Å². The number of nitrogens with one attached hydrogen (secondary N) is 2. The number of likely N-dealkylation sites (tertiary alicyclic amines) is 1. The Bertz CT molecular complexity index is 795. The Morgan fingerprint density at radius 3 is 2.64 bits per heavy atom. The van der Waals surface area contributed by atoms with Crippen LogP contribution in [0.15, 0.2) is 26.9 Å². The highest BCUT2D eigenvalue weighted by molar-refractivity contribution is 7.09. The van der Waals surface area contributed by atoms with Gasteiger partial charge in [0.05, 0.1) is 12.6 Å². The molecule has 6 nitrogen and oxygen atoms in total. The highest BCUT2D eigenvalue weighted by Gasteiger charge is 2.33. The van der Waals surface area contributed by atoms with Crippen LogP contribution < -0.4 is 10.6 Å². The Morgan fingerprint density at radius 1 is 1.32 bits per heavy atom. The maximum Gasteiger partial charge on any atom is 0.434 e. The average Bonchev–Trinajstić information content (AvgIpc) is 3.39. The van der Waals surface area contributed by atoms with Gasteiger partial charge in [-0.15, -0.1) is 11.3 Å². The third-order valence-corrected chi connectivity index (χ3v) is 5.46. The number of nitrogens with zero attached hydrogens (tertiary/aromatic N) is 3. The van der Waals surface area contributed by atoms with E-state index in [1.54, 1.807) is 7.05 Å². The van der Waals surface area contributed by atoms with Crippen molar-refractivity contribution >= 4 is 17.3 Å². The molecule has 0 amide bonds. The molecule has 154 valence electrons. The molecule has 28 heavy (non-hydrogen) atoms. The second kappa shape index (κ2) is 8.95. The number of aryl methyl sites for hydroxylation is 1. The van der Waals surface area contributed by atoms with Crippen LogP contribution in [0.1, 0.15) is 41.1 Å². The molecule has 1 fully saturated rings. The molecule has 0 saturated carbocycles. The third-order valence-electron chi connectivity index (χ3n) is 4.61. The van der Waals surface area contributed by atoms with Gasteiger partial charge < -0.3 is 15.1 Å². The fraction of sp³-hybridized carbons (Fsp3) is 0.556. The number of thiazole rings is 1. The predicted molar refractivity (Wildman–Crippen MR) is 102 cm³/mol. The van der Waals surface area contributed by atoms with Crippen LogP contribution in [0, 0.1) is 6.92 Å². The Balaban J connectivity index is 1.57. The molecule has 0 radical (unpaired) electrons. The zero-order valence-corrected chi connectivity index (χ0v) is 16.7. The number of aromatic nitrogens is 1. The van der Waals surface area contributed by atoms with Crippen molar-refractivity contribution < 1.29 is 17.6 Å². The first-order chi connectivity index (χ1) is 13.4. The summed E-state index contributed by atoms with van der Waals surface area (Å²) >= 11 is 0.974. The average molecular weight is 415 g/mol. The van der Waals surface area contributed by atoms with Crippen molar-refractivity contribution in [3.05, 3.63) is 39.7 Å². The number of aliphatic imine (C=N–C) groups is 1. The first-order valence-electron chi connectivity index (χ1n) is 9.13. The SMILES string of the molecule is CN=C(NCc1nc(C(F)(F)F)cs1)NCC(c1ccc(C)o1)N1CCCC1. The predicted octanol–water partition coefficient (Wildman–Crippen LogP) is 3.57. The van der Waals surface area contributed by atoms with Gasteiger partial charge in [0.15, 0.2) is 11.7 Å². The number of hydrogen-bond acceptors (Lipinski definition) is 5. The Kier molecular flexibility index (Phi) is 6.61. The molecule has 1 saturated heterocycles. The molecule has 1 unspecified atom stereocenters. The van der Waals surface area contributed by atoms with Crippen LogP contribution in [0.25, 0.3) is 0 Å². The van der Waals surface area contributed by atoms with Crippen molar-refractivity contribution in [1.82, 2.24) is 20.5 Å². The van der Waals surface area contributed by atoms with Gasteiger partial charge in [0.2, 0.25) is 0 Å². The van der Waals surface area contributed by atoms with E-state index in [-0.39, 0.29) is 12.6 Å². The summed E-state index contributed by atoms with van der Waals surface area (Å²) in [7, 11) is 1.63. The van der Waals surface area contributed by atoms with E-state index in [2.05, 4.69) is 25.5 Å². The van der Waals surface area contributed by atoms with Gasteiger partial charge in [-0.3, -0.25) is 9.89 Å². The molecule has 0 aliphatic carbocycles. The fourth-order valence-electron chi connectivity index (χ4n) is 3.19. The first-order valence-corrected chi connectivity index (χ1v) is 10.0. The second-order valence-corrected chi connectivity index (χ2v) is 7.58. The lowest BCUT2D eigenvalue weighted by atomic mass is 10.2. The van der Waals surface area contributed by atoms with Crippen LogP contribution in [0.5, 0.6) is 0 Å². The summed E-state index contributed by atoms with van der Waals surface area (Å²) in [5, 5.41) is 7.66. The largest absolute Gasteiger partial charge is 0.465 e. The molecule has 2 aromatic rings. The van der Waals surface area contributed by atoms with E-state index >= 15 is 0 Å². The smallest absolute Gasteiger partial charge is 0.434 e. The second-order valence-electron chi connectivity index (χ2n) is 6.64. The lowest BCUT2D eigenvalue weighted by Gasteiger charge is -2.26. The van der Waals surface area contributed by atoms with Gasteiger partial charge >= 0.3 is 6.18 Å². The van der Waals surface area contributed by atoms with Gasteiger partial charge in [-0.05, 0) is 45.0 Å². The van der Waals surface area contributed by atoms with Crippen LogP contribution in [-0.4, -0.2) is 42.5 Å². The first kappa shape index (κ1) is 20.7. The van der Waals surface area contributed by atoms with Gasteiger partial charge in [-0.1, -0.05) is 0 Å². The number of rotatable bonds is 6. The van der Waals surface area contributed by atoms with E-state index in [4.69, 9.17) is 4.42 Å². The van der Waals surface area contributed by atoms with Crippen molar-refractivity contribution in [3.63, 3.8) is 0 Å². The summed E-state index contributed by atoms with van der Waals surface area (Å²) in [5.74, 6) is 2.28. The summed E-state index contributed by atoms with van der Waals surface area (Å²) in [6, 6.07) is 4.02. The number of alkyl halides is 3. The zero-order valence-electron chi connectivity index (χ0n) is 15.8. The Hall–Kier alpha value is -2.07. The van der Waals surface area contributed by atoms with Gasteiger partial charge in [0.1, 0.15) is 16.5 Å². The Morgan fingerprint density at radius 2 is 2.07 bits per heavy atom. The highest BCUT2D eigenvalue weighted by Crippen LogP contribution is 2.30. The lowest BCUT2D eigenvalue weighted by Crippen LogP contribution is -2.42. The van der Waals surface area contributed by atoms with Crippen LogP contribution in [0.2, 0.25) is 0 Å². The minimum Gasteiger partial charge on any atom is -0.465 e. The molecule has 3 heterocycles. The summed E-state index contributed by atoms with van der Waals surface area (Å²) in [6.45, 7) is 4.70. The maximum absolute atomic E-state index is 12.7. The minimum absolute atomic E-state index is 0.0754. The quantitative estimate of drug-likeness (QED) is 0.558. The van der Waals surface area contributed by atoms with Gasteiger partial charge in [0, 0.05) is 19.0 Å². The van der Waals surface area contributed by atoms with E-state index < -0.39 is 11.9 Å². The van der Waals surface area contributed by atoms with E-state index in [1.807, 2.05) is 19.1 Å². The number of hydrogen-bond donors (Lipinski definition) is 2. The standard InChI is InChI=1S/C18H24F3N5OS/c1-12-5-6-14(27-12)13(26-7-3-4-8-26)9-23-17(22-2)24-10-16-25-15(11-28-16)18(19,20)21/h5-6,11,13H,3-4,7-10H2,1-2H3,(H2,22,23,24). The maximum atomic E-state index is 12.7. The molecule has 1 aliphatic rings. The molecular formula is C18H24F3N5OS. The molecule has 0 bridgehead atoms. The van der Waals surface area contributed by atoms with Crippen LogP contribution in [0.3, 0.4) is 0 Å². The fourth-order valence-corrected chi connectivity index (χ4v) is 3.93. The summed E-state index contributed by atoms with van der Waals surface area (Å²) in [4.78, 5) is 10.1. The molecular weight excluding hydrogens is 391 g/mol. The molecule has 0 aromatic carbocycles. The van der Waals surface area contributed by atoms with Gasteiger partial charge in [0.25, 0.3) is 0 Å². The molecule has 2 aromatic heterocycles. The minimum atomic E-state index is -4.42. The van der Waals surface area contributed by atoms with Crippen LogP contribution >= 0.6 is 11.3 Å². The van der Waals surface area contributed by atoms with Crippen molar-refractivity contribution in [3.8, 4) is 0 Å². The third kappa shape index (κ3) is 5.26. The van der Waals surface area contributed by atoms with Crippen molar-refractivity contribution in [2.75, 3.05) is 26.7 Å². The van der Waals surface area contributed by atoms with Crippen LogP contribution in [0.4, 0.5) is 13.2 Å². The van der Waals surface area contributed by atoms with Crippen molar-refractivity contribution in [1.29, 1.82) is 0 Å². The summed E-state index contributed by atoms with van der Waals surface area (Å²) < 4.78 is 43.8. The van der Waals surface area contributed by atoms with E-state index in [1.165, 1.54) is 0 Å². The monoisotopic (exact) mass is 415 g/mol. The highest BCUT2D eigenvalue weighted by atomic mass is 32.1. The molecule has 0 spiro atoms. The number of guanidine groups is 1. The van der Waals surface area contributed by atoms with E-state index in [9.17, 15) is 13.2 Å². The molecule has 1 aliphatic heterocycles. The molecule has 10 heteroatoms. The topological polar surface area (TPSA) is 65.7 Å². The van der Waals surface area contributed by atoms with Crippen LogP contribution in [-0.2, 0) is 12.7 Å².